The monoisotopic (exact) mass is 522 g/mol. The van der Waals surface area contributed by atoms with Crippen molar-refractivity contribution in [2.45, 2.75) is 7.43 Å². The van der Waals surface area contributed by atoms with Gasteiger partial charge in [0.2, 0.25) is 0 Å². The Hall–Kier alpha value is 3.96. The van der Waals surface area contributed by atoms with E-state index in [2.05, 4.69) is 38.4 Å². The summed E-state index contributed by atoms with van der Waals surface area (Å²) < 4.78 is 0. The van der Waals surface area contributed by atoms with E-state index in [4.69, 9.17) is 0 Å². The Bertz CT molecular complexity index is 18.5. The van der Waals surface area contributed by atoms with Crippen LogP contribution in [-0.4, -0.2) is 0 Å². The second-order valence-corrected chi connectivity index (χ2v) is 13.3. The van der Waals surface area contributed by atoms with Crippen LogP contribution in [0.25, 0.3) is 0 Å². The van der Waals surface area contributed by atoms with Gasteiger partial charge in [0.1, 0.15) is 0 Å². The Balaban J connectivity index is -0.00000000133. The van der Waals surface area contributed by atoms with Gasteiger partial charge in [0, 0.05) is 19.5 Å². The van der Waals surface area contributed by atoms with Crippen molar-refractivity contribution in [1.82, 2.24) is 0 Å². The molecule has 0 aromatic rings. The van der Waals surface area contributed by atoms with Gasteiger partial charge in [0.05, 0.1) is 0 Å². The summed E-state index contributed by atoms with van der Waals surface area (Å²) in [4.78, 5) is 0. The van der Waals surface area contributed by atoms with Crippen LogP contribution in [0.4, 0.5) is 0 Å². The molecule has 0 fully saturated rings. The molecule has 8 heteroatoms. The summed E-state index contributed by atoms with van der Waals surface area (Å²) in [6, 6.07) is 0. The third-order valence-corrected chi connectivity index (χ3v) is 0. The summed E-state index contributed by atoms with van der Waals surface area (Å²) in [5, 5.41) is 0. The molecule has 0 atom stereocenters. The van der Waals surface area contributed by atoms with Crippen LogP contribution in [0.3, 0.4) is 0 Å². The fraction of sp³-hybridized carbons (Fsp3) is 1.00. The molecule has 0 aliphatic carbocycles. The maximum atomic E-state index is 2.40. The van der Waals surface area contributed by atoms with E-state index in [1.165, 1.54) is 0 Å². The first kappa shape index (κ1) is 52.2. The van der Waals surface area contributed by atoms with Crippen molar-refractivity contribution in [2.24, 2.45) is 0 Å². The van der Waals surface area contributed by atoms with Crippen LogP contribution in [-0.2, 0) is 31.1 Å². The number of hydrogen-bond donors (Lipinski definition) is 0. The van der Waals surface area contributed by atoms with E-state index in [9.17, 15) is 0 Å². The third kappa shape index (κ3) is 75.7. The smallest absolute Gasteiger partial charge is 0 e. The summed E-state index contributed by atoms with van der Waals surface area (Å²) in [5.41, 5.74) is 0. The molecule has 0 aromatic heterocycles. The maximum absolute atomic E-state index is 2.40. The van der Waals surface area contributed by atoms with Crippen LogP contribution in [0.5, 0.6) is 0 Å². The van der Waals surface area contributed by atoms with Crippen molar-refractivity contribution in [3.63, 3.8) is 0 Å². The fourth-order valence-electron chi connectivity index (χ4n) is 0. The van der Waals surface area contributed by atoms with Crippen LogP contribution in [0, 0.1) is 0 Å². The summed E-state index contributed by atoms with van der Waals surface area (Å²) in [6.45, 7) is 0. The molecule has 56 valence electrons. The molecule has 0 saturated carbocycles. The Morgan fingerprint density at radius 1 is 0.778 bits per heavy atom. The molecule has 9 heavy (non-hydrogen) atoms. The van der Waals surface area contributed by atoms with Gasteiger partial charge in [-0.2, -0.15) is 0 Å². The molecular formula is CH4Cl4I2TiZn. The van der Waals surface area contributed by atoms with Crippen molar-refractivity contribution in [1.29, 1.82) is 0 Å². The Morgan fingerprint density at radius 3 is 0.778 bits per heavy atom. The largest absolute Gasteiger partial charge is 0 e. The number of halogens is 6. The maximum Gasteiger partial charge on any atom is 0 e. The molecule has 0 nitrogen and oxygen atoms in total. The van der Waals surface area contributed by atoms with Gasteiger partial charge >= 0.3 is 50.0 Å². The second-order valence-electron chi connectivity index (χ2n) is 0.0714. The van der Waals surface area contributed by atoms with Crippen molar-refractivity contribution >= 4 is 38.4 Å². The zero-order valence-corrected chi connectivity index (χ0v) is 15.3. The first-order valence-corrected chi connectivity index (χ1v) is 10.5. The van der Waals surface area contributed by atoms with E-state index in [1.54, 1.807) is 0 Å². The molecule has 0 aliphatic heterocycles. The molecule has 0 bridgehead atoms. The zero-order chi connectivity index (χ0) is 2.71. The van der Waals surface area contributed by atoms with Crippen molar-refractivity contribution in [3.8, 4) is 0 Å². The standard InChI is InChI=1S/CH4.4ClH.2HI.Ti.Zn/h1H4;6*1H;;/q;;;;;;;+6;/p-6. The predicted octanol–water partition coefficient (Wildman–Crippen LogP) is -9.58. The SMILES string of the molecule is C.[Cl-].[Cl-].[Cl-].[Cl-].[I][Ti+4][I].[Zn]. The molecule has 0 saturated heterocycles. The van der Waals surface area contributed by atoms with Crippen molar-refractivity contribution < 1.29 is 80.8 Å². The molecule has 0 N–H and O–H groups in total. The van der Waals surface area contributed by atoms with Crippen LogP contribution in [0.2, 0.25) is 0 Å². The Kier molecular flexibility index (Phi) is 339. The van der Waals surface area contributed by atoms with Gasteiger partial charge in [-0.25, -0.2) is 0 Å². The fourth-order valence-corrected chi connectivity index (χ4v) is 0. The molecule has 0 aliphatic rings. The van der Waals surface area contributed by atoms with Gasteiger partial charge in [0.15, 0.2) is 0 Å². The van der Waals surface area contributed by atoms with Crippen LogP contribution in [0.15, 0.2) is 0 Å². The van der Waals surface area contributed by atoms with Gasteiger partial charge in [-0.3, -0.25) is 0 Å². The van der Waals surface area contributed by atoms with E-state index in [0.29, 0.717) is 11.7 Å². The molecule has 0 spiro atoms. The van der Waals surface area contributed by atoms with Gasteiger partial charge in [0.25, 0.3) is 0 Å². The van der Waals surface area contributed by atoms with Crippen molar-refractivity contribution in [2.75, 3.05) is 0 Å². The molecule has 0 aromatic carbocycles. The Morgan fingerprint density at radius 2 is 0.778 bits per heavy atom. The van der Waals surface area contributed by atoms with E-state index in [-0.39, 0.29) is 76.5 Å². The minimum atomic E-state index is 0. The topological polar surface area (TPSA) is 0 Å². The summed E-state index contributed by atoms with van der Waals surface area (Å²) >= 11 is 5.24. The van der Waals surface area contributed by atoms with Crippen LogP contribution >= 0.6 is 38.4 Å². The van der Waals surface area contributed by atoms with E-state index < -0.39 is 0 Å². The minimum absolute atomic E-state index is 0. The number of rotatable bonds is 0. The average Bonchev–Trinajstić information content (AvgIpc) is 0.918. The van der Waals surface area contributed by atoms with Crippen LogP contribution < -0.4 is 49.6 Å². The van der Waals surface area contributed by atoms with Crippen molar-refractivity contribution in [3.05, 3.63) is 0 Å². The summed E-state index contributed by atoms with van der Waals surface area (Å²) in [7, 11) is 0. The minimum Gasteiger partial charge on any atom is 0 e. The average molecular weight is 525 g/mol. The normalized spacial score (nSPS) is 2.44. The third-order valence-electron chi connectivity index (χ3n) is 0. The number of hydrogen-bond acceptors (Lipinski definition) is 0. The molecule has 0 rings (SSSR count). The first-order chi connectivity index (χ1) is 1.41. The predicted molar refractivity (Wildman–Crippen MR) is 34.8 cm³/mol. The quantitative estimate of drug-likeness (QED) is 0.218. The summed E-state index contributed by atoms with van der Waals surface area (Å²) in [6.07, 6.45) is 0. The van der Waals surface area contributed by atoms with E-state index in [0.717, 1.165) is 0 Å². The molecule has 0 unspecified atom stereocenters. The van der Waals surface area contributed by atoms with Gasteiger partial charge in [-0.1, -0.05) is 7.43 Å². The molecular weight excluding hydrogens is 521 g/mol. The van der Waals surface area contributed by atoms with Gasteiger partial charge in [-0.15, -0.1) is 0 Å². The van der Waals surface area contributed by atoms with Crippen LogP contribution in [0.1, 0.15) is 7.43 Å². The van der Waals surface area contributed by atoms with E-state index in [1.807, 2.05) is 0 Å². The summed E-state index contributed by atoms with van der Waals surface area (Å²) in [5.74, 6) is 0. The van der Waals surface area contributed by atoms with E-state index >= 15 is 0 Å². The molecule has 0 heterocycles. The second kappa shape index (κ2) is 58.4. The molecule has 0 amide bonds. The Labute approximate surface area is 124 Å². The van der Waals surface area contributed by atoms with Gasteiger partial charge in [-0.05, 0) is 0 Å². The van der Waals surface area contributed by atoms with Gasteiger partial charge < -0.3 is 49.6 Å². The molecule has 0 radical (unpaired) electrons. The first-order valence-electron chi connectivity index (χ1n) is 0.378. The zero-order valence-electron chi connectivity index (χ0n) is 3.47.